The normalized spacial score (nSPS) is 21.5. The zero-order valence-electron chi connectivity index (χ0n) is 11.1. The number of carbonyl (C=O) groups excluding carboxylic acids is 1. The van der Waals surface area contributed by atoms with E-state index in [4.69, 9.17) is 0 Å². The lowest BCUT2D eigenvalue weighted by molar-refractivity contribution is -0.133. The predicted octanol–water partition coefficient (Wildman–Crippen LogP) is 1.83. The van der Waals surface area contributed by atoms with Gasteiger partial charge in [-0.3, -0.25) is 4.79 Å². The Balaban J connectivity index is 1.91. The number of rotatable bonds is 3. The zero-order chi connectivity index (χ0) is 12.8. The monoisotopic (exact) mass is 246 g/mol. The highest BCUT2D eigenvalue weighted by molar-refractivity contribution is 5.81. The van der Waals surface area contributed by atoms with Crippen molar-refractivity contribution in [3.05, 3.63) is 35.9 Å². The number of amides is 1. The highest BCUT2D eigenvalue weighted by Crippen LogP contribution is 2.07. The molecule has 0 aliphatic carbocycles. The maximum Gasteiger partial charge on any atom is 0.239 e. The Morgan fingerprint density at radius 2 is 2.06 bits per heavy atom. The predicted molar refractivity (Wildman–Crippen MR) is 73.4 cm³/mol. The summed E-state index contributed by atoms with van der Waals surface area (Å²) in [6, 6.07) is 10.3. The lowest BCUT2D eigenvalue weighted by Crippen LogP contribution is -2.48. The first kappa shape index (κ1) is 13.1. The third kappa shape index (κ3) is 3.57. The molecule has 0 bridgehead atoms. The van der Waals surface area contributed by atoms with Crippen LogP contribution in [0.1, 0.15) is 25.3 Å². The first-order chi connectivity index (χ1) is 8.77. The van der Waals surface area contributed by atoms with E-state index >= 15 is 0 Å². The lowest BCUT2D eigenvalue weighted by atomic mass is 10.1. The fraction of sp³-hybridized carbons (Fsp3) is 0.533. The third-order valence-electron chi connectivity index (χ3n) is 3.50. The molecule has 1 unspecified atom stereocenters. The molecule has 0 spiro atoms. The minimum absolute atomic E-state index is 0.0407. The first-order valence-electron chi connectivity index (χ1n) is 6.83. The molecule has 1 aromatic rings. The molecule has 1 aliphatic heterocycles. The topological polar surface area (TPSA) is 32.3 Å². The van der Waals surface area contributed by atoms with E-state index in [1.807, 2.05) is 17.9 Å². The van der Waals surface area contributed by atoms with E-state index in [1.165, 1.54) is 5.56 Å². The third-order valence-corrected chi connectivity index (χ3v) is 3.50. The van der Waals surface area contributed by atoms with Crippen LogP contribution in [0.5, 0.6) is 0 Å². The van der Waals surface area contributed by atoms with E-state index < -0.39 is 0 Å². The van der Waals surface area contributed by atoms with Crippen molar-refractivity contribution in [1.82, 2.24) is 10.2 Å². The van der Waals surface area contributed by atoms with Gasteiger partial charge in [-0.15, -0.1) is 0 Å². The van der Waals surface area contributed by atoms with Crippen LogP contribution in [0.3, 0.4) is 0 Å². The summed E-state index contributed by atoms with van der Waals surface area (Å²) in [6.07, 6.45) is 3.19. The van der Waals surface area contributed by atoms with Gasteiger partial charge < -0.3 is 10.2 Å². The minimum Gasteiger partial charge on any atom is -0.341 e. The summed E-state index contributed by atoms with van der Waals surface area (Å²) < 4.78 is 0. The molecular formula is C15H22N2O. The lowest BCUT2D eigenvalue weighted by Gasteiger charge is -2.28. The van der Waals surface area contributed by atoms with Crippen molar-refractivity contribution in [2.24, 2.45) is 0 Å². The van der Waals surface area contributed by atoms with Gasteiger partial charge in [0.05, 0.1) is 6.04 Å². The van der Waals surface area contributed by atoms with Gasteiger partial charge in [0.25, 0.3) is 0 Å². The molecule has 1 fully saturated rings. The van der Waals surface area contributed by atoms with Crippen molar-refractivity contribution in [2.45, 2.75) is 32.2 Å². The highest BCUT2D eigenvalue weighted by Gasteiger charge is 2.21. The van der Waals surface area contributed by atoms with Gasteiger partial charge >= 0.3 is 0 Å². The van der Waals surface area contributed by atoms with Gasteiger partial charge in [-0.2, -0.15) is 0 Å². The van der Waals surface area contributed by atoms with Gasteiger partial charge in [-0.05, 0) is 38.3 Å². The SMILES string of the molecule is CC1NCCCCN(CCc2ccccc2)C1=O. The van der Waals surface area contributed by atoms with E-state index in [1.54, 1.807) is 0 Å². The van der Waals surface area contributed by atoms with Crippen LogP contribution >= 0.6 is 0 Å². The number of benzene rings is 1. The molecule has 0 aromatic heterocycles. The standard InChI is InChI=1S/C15H22N2O/c1-13-15(18)17(11-6-5-10-16-13)12-9-14-7-3-2-4-8-14/h2-4,7-8,13,16H,5-6,9-12H2,1H3. The van der Waals surface area contributed by atoms with Crippen molar-refractivity contribution < 1.29 is 4.79 Å². The second-order valence-electron chi connectivity index (χ2n) is 4.94. The molecule has 1 aliphatic rings. The molecule has 1 amide bonds. The number of carbonyl (C=O) groups is 1. The Labute approximate surface area is 109 Å². The molecule has 3 nitrogen and oxygen atoms in total. The van der Waals surface area contributed by atoms with Crippen LogP contribution in [0.25, 0.3) is 0 Å². The fourth-order valence-electron chi connectivity index (χ4n) is 2.35. The largest absolute Gasteiger partial charge is 0.341 e. The van der Waals surface area contributed by atoms with E-state index in [9.17, 15) is 4.79 Å². The molecule has 2 rings (SSSR count). The molecule has 98 valence electrons. The Hall–Kier alpha value is -1.35. The Bertz CT molecular complexity index is 377. The second-order valence-corrected chi connectivity index (χ2v) is 4.94. The van der Waals surface area contributed by atoms with Crippen molar-refractivity contribution in [3.63, 3.8) is 0 Å². The molecule has 0 saturated carbocycles. The zero-order valence-corrected chi connectivity index (χ0v) is 11.1. The summed E-state index contributed by atoms with van der Waals surface area (Å²) in [5.41, 5.74) is 1.30. The van der Waals surface area contributed by atoms with Crippen LogP contribution < -0.4 is 5.32 Å². The first-order valence-corrected chi connectivity index (χ1v) is 6.83. The fourth-order valence-corrected chi connectivity index (χ4v) is 2.35. The second kappa shape index (κ2) is 6.55. The maximum atomic E-state index is 12.2. The van der Waals surface area contributed by atoms with E-state index in [2.05, 4.69) is 29.6 Å². The van der Waals surface area contributed by atoms with Crippen molar-refractivity contribution in [1.29, 1.82) is 0 Å². The summed E-state index contributed by atoms with van der Waals surface area (Å²) in [7, 11) is 0. The molecular weight excluding hydrogens is 224 g/mol. The average Bonchev–Trinajstić information content (AvgIpc) is 2.40. The number of hydrogen-bond acceptors (Lipinski definition) is 2. The maximum absolute atomic E-state index is 12.2. The molecule has 1 heterocycles. The van der Waals surface area contributed by atoms with Gasteiger partial charge in [0.2, 0.25) is 5.91 Å². The van der Waals surface area contributed by atoms with E-state index in [0.717, 1.165) is 38.9 Å². The molecule has 0 radical (unpaired) electrons. The quantitative estimate of drug-likeness (QED) is 0.882. The molecule has 1 N–H and O–H groups in total. The number of nitrogens with one attached hydrogen (secondary N) is 1. The summed E-state index contributed by atoms with van der Waals surface area (Å²) in [5.74, 6) is 0.241. The smallest absolute Gasteiger partial charge is 0.239 e. The van der Waals surface area contributed by atoms with E-state index in [0.29, 0.717) is 0 Å². The Morgan fingerprint density at radius 1 is 1.28 bits per heavy atom. The van der Waals surface area contributed by atoms with Crippen molar-refractivity contribution in [3.8, 4) is 0 Å². The van der Waals surface area contributed by atoms with Crippen LogP contribution in [0.4, 0.5) is 0 Å². The van der Waals surface area contributed by atoms with Crippen LogP contribution in [0.15, 0.2) is 30.3 Å². The number of nitrogens with zero attached hydrogens (tertiary/aromatic N) is 1. The summed E-state index contributed by atoms with van der Waals surface area (Å²) in [6.45, 7) is 4.65. The van der Waals surface area contributed by atoms with Gasteiger partial charge in [0, 0.05) is 13.1 Å². The van der Waals surface area contributed by atoms with Crippen LogP contribution in [0.2, 0.25) is 0 Å². The van der Waals surface area contributed by atoms with Crippen molar-refractivity contribution in [2.75, 3.05) is 19.6 Å². The summed E-state index contributed by atoms with van der Waals surface area (Å²) in [5, 5.41) is 3.27. The van der Waals surface area contributed by atoms with Crippen LogP contribution in [0, 0.1) is 0 Å². The number of hydrogen-bond donors (Lipinski definition) is 1. The van der Waals surface area contributed by atoms with Crippen LogP contribution in [-0.4, -0.2) is 36.5 Å². The molecule has 3 heteroatoms. The molecule has 1 atom stereocenters. The Kier molecular flexibility index (Phi) is 4.76. The van der Waals surface area contributed by atoms with Crippen LogP contribution in [-0.2, 0) is 11.2 Å². The minimum atomic E-state index is -0.0407. The van der Waals surface area contributed by atoms with Gasteiger partial charge in [-0.25, -0.2) is 0 Å². The van der Waals surface area contributed by atoms with Gasteiger partial charge in [-0.1, -0.05) is 30.3 Å². The van der Waals surface area contributed by atoms with Gasteiger partial charge in [0.15, 0.2) is 0 Å². The van der Waals surface area contributed by atoms with E-state index in [-0.39, 0.29) is 11.9 Å². The van der Waals surface area contributed by atoms with Gasteiger partial charge in [0.1, 0.15) is 0 Å². The Morgan fingerprint density at radius 3 is 2.83 bits per heavy atom. The highest BCUT2D eigenvalue weighted by atomic mass is 16.2. The summed E-state index contributed by atoms with van der Waals surface area (Å²) >= 11 is 0. The van der Waals surface area contributed by atoms with Crippen molar-refractivity contribution >= 4 is 5.91 Å². The average molecular weight is 246 g/mol. The molecule has 1 aromatic carbocycles. The summed E-state index contributed by atoms with van der Waals surface area (Å²) in [4.78, 5) is 14.2. The molecule has 1 saturated heterocycles. The molecule has 18 heavy (non-hydrogen) atoms.